The lowest BCUT2D eigenvalue weighted by Gasteiger charge is -2.19. The summed E-state index contributed by atoms with van der Waals surface area (Å²) in [5, 5.41) is 31.4. The fourth-order valence-corrected chi connectivity index (χ4v) is 6.26. The molecule has 52 heavy (non-hydrogen) atoms. The summed E-state index contributed by atoms with van der Waals surface area (Å²) in [6.07, 6.45) is 3.01. The van der Waals surface area contributed by atoms with Gasteiger partial charge in [0.15, 0.2) is 0 Å². The minimum atomic E-state index is -1.21. The number of benzene rings is 4. The molecular weight excluding hydrogens is 706 g/mol. The second-order valence-electron chi connectivity index (χ2n) is 12.4. The predicted molar refractivity (Wildman–Crippen MR) is 199 cm³/mol. The smallest absolute Gasteiger partial charge is 0.323 e. The van der Waals surface area contributed by atoms with Gasteiger partial charge in [0.2, 0.25) is 0 Å². The van der Waals surface area contributed by atoms with Crippen LogP contribution in [0.3, 0.4) is 0 Å². The summed E-state index contributed by atoms with van der Waals surface area (Å²) in [5.74, 6) is -1.04. The van der Waals surface area contributed by atoms with Crippen LogP contribution in [-0.4, -0.2) is 52.8 Å². The summed E-state index contributed by atoms with van der Waals surface area (Å²) in [5.41, 5.74) is 6.71. The number of nitriles is 1. The van der Waals surface area contributed by atoms with E-state index in [4.69, 9.17) is 32.7 Å². The lowest BCUT2D eigenvalue weighted by atomic mass is 9.93. The van der Waals surface area contributed by atoms with Crippen LogP contribution < -0.4 is 14.8 Å². The molecule has 0 amide bonds. The second-order valence-corrected chi connectivity index (χ2v) is 13.2. The van der Waals surface area contributed by atoms with E-state index in [1.807, 2.05) is 69.6 Å². The van der Waals surface area contributed by atoms with E-state index < -0.39 is 24.4 Å². The van der Waals surface area contributed by atoms with E-state index in [-0.39, 0.29) is 30.5 Å². The summed E-state index contributed by atoms with van der Waals surface area (Å²) < 4.78 is 27.8. The molecule has 0 radical (unpaired) electrons. The number of aliphatic carboxylic acids is 1. The molecule has 1 aromatic heterocycles. The minimum Gasteiger partial charge on any atom is -0.488 e. The molecule has 3 N–H and O–H groups in total. The quantitative estimate of drug-likeness (QED) is 0.0985. The second kappa shape index (κ2) is 17.5. The number of halogens is 3. The number of hydrogen-bond donors (Lipinski definition) is 3. The van der Waals surface area contributed by atoms with Gasteiger partial charge in [0.25, 0.3) is 0 Å². The normalized spacial score (nSPS) is 11.7. The van der Waals surface area contributed by atoms with E-state index in [1.54, 1.807) is 30.5 Å². The van der Waals surface area contributed by atoms with Gasteiger partial charge < -0.3 is 24.6 Å². The van der Waals surface area contributed by atoms with Gasteiger partial charge >= 0.3 is 5.97 Å². The van der Waals surface area contributed by atoms with Gasteiger partial charge in [-0.05, 0) is 73.1 Å². The number of nitrogens with one attached hydrogen (secondary N) is 1. The van der Waals surface area contributed by atoms with Gasteiger partial charge in [-0.2, -0.15) is 5.26 Å². The van der Waals surface area contributed by atoms with Crippen LogP contribution in [0.5, 0.6) is 11.5 Å². The number of hydrogen-bond acceptors (Lipinski definition) is 8. The molecule has 268 valence electrons. The van der Waals surface area contributed by atoms with Crippen molar-refractivity contribution in [2.75, 3.05) is 20.7 Å². The highest BCUT2D eigenvalue weighted by molar-refractivity contribution is 6.36. The maximum absolute atomic E-state index is 15.5. The third-order valence-corrected chi connectivity index (χ3v) is 9.09. The van der Waals surface area contributed by atoms with E-state index in [9.17, 15) is 20.3 Å². The van der Waals surface area contributed by atoms with Gasteiger partial charge in [-0.3, -0.25) is 15.1 Å². The van der Waals surface area contributed by atoms with E-state index >= 15 is 4.39 Å². The molecule has 9 nitrogen and oxygen atoms in total. The Kier molecular flexibility index (Phi) is 12.8. The first kappa shape index (κ1) is 38.2. The van der Waals surface area contributed by atoms with Gasteiger partial charge in [-0.1, -0.05) is 65.7 Å². The zero-order valence-corrected chi connectivity index (χ0v) is 30.3. The Balaban J connectivity index is 1.41. The Labute approximate surface area is 311 Å². The lowest BCUT2D eigenvalue weighted by Crippen LogP contribution is -2.39. The standard InChI is InChI=1S/C40H37Cl2FN4O5/c1-24-29(5-4-6-31(24)38-34(43)12-11-32(39(38)42)28-9-7-25(8-10-28)20-47(2)3)23-52-37-15-36(51-22-27-13-26(16-44)17-45-18-27)30(14-33(37)41)19-46-35(21-48)40(49)50/h4-15,17-18,35,46,48H,19-23H2,1-3H3,(H,49,50). The van der Waals surface area contributed by atoms with Crippen LogP contribution in [0.15, 0.2) is 85.2 Å². The Hall–Kier alpha value is -5.02. The van der Waals surface area contributed by atoms with Crippen LogP contribution in [0.4, 0.5) is 4.39 Å². The number of aliphatic hydroxyl groups is 1. The summed E-state index contributed by atoms with van der Waals surface area (Å²) in [6, 6.07) is 22.3. The van der Waals surface area contributed by atoms with Gasteiger partial charge in [-0.25, -0.2) is 4.39 Å². The molecule has 5 rings (SSSR count). The number of carboxylic acids is 1. The Morgan fingerprint density at radius 1 is 0.962 bits per heavy atom. The molecule has 4 aromatic carbocycles. The maximum atomic E-state index is 15.5. The molecule has 0 aliphatic carbocycles. The number of rotatable bonds is 15. The molecule has 0 fully saturated rings. The van der Waals surface area contributed by atoms with Gasteiger partial charge in [0, 0.05) is 53.8 Å². The van der Waals surface area contributed by atoms with Crippen LogP contribution in [-0.2, 0) is 31.1 Å². The average molecular weight is 744 g/mol. The highest BCUT2D eigenvalue weighted by atomic mass is 35.5. The molecule has 1 atom stereocenters. The van der Waals surface area contributed by atoms with Crippen molar-refractivity contribution >= 4 is 29.2 Å². The van der Waals surface area contributed by atoms with Crippen LogP contribution in [0.2, 0.25) is 10.0 Å². The maximum Gasteiger partial charge on any atom is 0.323 e. The SMILES string of the molecule is Cc1c(COc2cc(OCc3cncc(C#N)c3)c(CNC(CO)C(=O)O)cc2Cl)cccc1-c1c(F)ccc(-c2ccc(CN(C)C)cc2)c1Cl. The van der Waals surface area contributed by atoms with E-state index in [0.29, 0.717) is 44.2 Å². The van der Waals surface area contributed by atoms with Crippen molar-refractivity contribution in [2.24, 2.45) is 0 Å². The monoisotopic (exact) mass is 742 g/mol. The minimum absolute atomic E-state index is 0.0100. The predicted octanol–water partition coefficient (Wildman–Crippen LogP) is 7.80. The van der Waals surface area contributed by atoms with E-state index in [1.165, 1.54) is 12.3 Å². The Morgan fingerprint density at radius 3 is 2.40 bits per heavy atom. The molecular formula is C40H37Cl2FN4O5. The van der Waals surface area contributed by atoms with Crippen LogP contribution in [0, 0.1) is 24.1 Å². The lowest BCUT2D eigenvalue weighted by molar-refractivity contribution is -0.140. The summed E-state index contributed by atoms with van der Waals surface area (Å²) in [4.78, 5) is 17.6. The first-order valence-corrected chi connectivity index (χ1v) is 17.0. The first-order valence-electron chi connectivity index (χ1n) is 16.3. The number of pyridine rings is 1. The van der Waals surface area contributed by atoms with Gasteiger partial charge in [-0.15, -0.1) is 0 Å². The fraction of sp³-hybridized carbons (Fsp3) is 0.225. The third-order valence-electron chi connectivity index (χ3n) is 8.41. The molecule has 0 aliphatic rings. The molecule has 12 heteroatoms. The summed E-state index contributed by atoms with van der Waals surface area (Å²) in [7, 11) is 4.01. The van der Waals surface area contributed by atoms with E-state index in [2.05, 4.69) is 15.2 Å². The first-order chi connectivity index (χ1) is 25.0. The van der Waals surface area contributed by atoms with Crippen molar-refractivity contribution in [3.63, 3.8) is 0 Å². The number of nitrogens with zero attached hydrogens (tertiary/aromatic N) is 3. The van der Waals surface area contributed by atoms with Crippen molar-refractivity contribution in [1.29, 1.82) is 5.26 Å². The number of carboxylic acid groups (broad SMARTS) is 1. The summed E-state index contributed by atoms with van der Waals surface area (Å²) >= 11 is 13.6. The molecule has 0 saturated carbocycles. The average Bonchev–Trinajstić information content (AvgIpc) is 3.12. The molecule has 0 spiro atoms. The number of carbonyl (C=O) groups is 1. The highest BCUT2D eigenvalue weighted by Crippen LogP contribution is 2.41. The van der Waals surface area contributed by atoms with E-state index in [0.717, 1.165) is 28.8 Å². The summed E-state index contributed by atoms with van der Waals surface area (Å²) in [6.45, 7) is 2.19. The van der Waals surface area contributed by atoms with Crippen LogP contribution >= 0.6 is 23.2 Å². The van der Waals surface area contributed by atoms with Gasteiger partial charge in [0.05, 0.1) is 22.2 Å². The molecule has 0 bridgehead atoms. The highest BCUT2D eigenvalue weighted by Gasteiger charge is 2.20. The molecule has 1 heterocycles. The number of aromatic nitrogens is 1. The third kappa shape index (κ3) is 9.25. The van der Waals surface area contributed by atoms with Crippen LogP contribution in [0.25, 0.3) is 22.3 Å². The number of ether oxygens (including phenoxy) is 2. The van der Waals surface area contributed by atoms with Crippen molar-refractivity contribution < 1.29 is 28.9 Å². The largest absolute Gasteiger partial charge is 0.488 e. The molecule has 5 aromatic rings. The number of aliphatic hydroxyl groups excluding tert-OH is 1. The fourth-order valence-electron chi connectivity index (χ4n) is 5.65. The van der Waals surface area contributed by atoms with Crippen molar-refractivity contribution in [3.8, 4) is 39.8 Å². The Morgan fingerprint density at radius 2 is 1.71 bits per heavy atom. The molecule has 1 unspecified atom stereocenters. The van der Waals surface area contributed by atoms with Crippen molar-refractivity contribution in [1.82, 2.24) is 15.2 Å². The molecule has 0 aliphatic heterocycles. The molecule has 0 saturated heterocycles. The van der Waals surface area contributed by atoms with Crippen LogP contribution in [0.1, 0.15) is 33.4 Å². The van der Waals surface area contributed by atoms with Crippen molar-refractivity contribution in [2.45, 2.75) is 39.3 Å². The van der Waals surface area contributed by atoms with Gasteiger partial charge in [0.1, 0.15) is 42.6 Å². The van der Waals surface area contributed by atoms with Crippen molar-refractivity contribution in [3.05, 3.63) is 134 Å². The zero-order valence-electron chi connectivity index (χ0n) is 28.8. The Bertz CT molecular complexity index is 2100. The topological polar surface area (TPSA) is 128 Å². The zero-order chi connectivity index (χ0) is 37.4.